The van der Waals surface area contributed by atoms with Gasteiger partial charge in [0.15, 0.2) is 0 Å². The quantitative estimate of drug-likeness (QED) is 0.427. The van der Waals surface area contributed by atoms with Crippen LogP contribution in [0.1, 0.15) is 49.3 Å². The van der Waals surface area contributed by atoms with Crippen LogP contribution in [-0.4, -0.2) is 17.9 Å². The van der Waals surface area contributed by atoms with Crippen molar-refractivity contribution in [3.05, 3.63) is 87.3 Å². The third kappa shape index (κ3) is 5.81. The van der Waals surface area contributed by atoms with Crippen LogP contribution in [0.3, 0.4) is 0 Å². The van der Waals surface area contributed by atoms with Gasteiger partial charge in [-0.25, -0.2) is 4.39 Å². The first kappa shape index (κ1) is 23.5. The summed E-state index contributed by atoms with van der Waals surface area (Å²) >= 11 is 7.59. The van der Waals surface area contributed by atoms with Crippen LogP contribution in [0, 0.1) is 5.82 Å². The van der Waals surface area contributed by atoms with Gasteiger partial charge in [-0.05, 0) is 59.0 Å². The Morgan fingerprint density at radius 3 is 2.52 bits per heavy atom. The average molecular weight is 485 g/mol. The van der Waals surface area contributed by atoms with Gasteiger partial charge in [0.1, 0.15) is 11.9 Å². The molecule has 172 valence electrons. The van der Waals surface area contributed by atoms with Gasteiger partial charge < -0.3 is 5.32 Å². The number of halogens is 2. The molecule has 4 rings (SSSR count). The molecule has 1 N–H and O–H groups in total. The first-order chi connectivity index (χ1) is 16.0. The molecule has 0 radical (unpaired) electrons. The van der Waals surface area contributed by atoms with E-state index in [2.05, 4.69) is 5.32 Å². The van der Waals surface area contributed by atoms with Gasteiger partial charge in [0.2, 0.25) is 11.8 Å². The van der Waals surface area contributed by atoms with E-state index in [-0.39, 0.29) is 29.3 Å². The normalized spacial score (nSPS) is 15.1. The lowest BCUT2D eigenvalue weighted by molar-refractivity contribution is -0.127. The van der Waals surface area contributed by atoms with Crippen LogP contribution in [0.5, 0.6) is 0 Å². The number of carbonyl (C=O) groups is 2. The minimum atomic E-state index is -0.902. The minimum Gasteiger partial charge on any atom is -0.351 e. The maximum atomic E-state index is 13.9. The summed E-state index contributed by atoms with van der Waals surface area (Å²) in [7, 11) is 0. The van der Waals surface area contributed by atoms with Crippen LogP contribution >= 0.6 is 22.9 Å². The van der Waals surface area contributed by atoms with E-state index in [1.807, 2.05) is 47.2 Å². The smallest absolute Gasteiger partial charge is 0.248 e. The topological polar surface area (TPSA) is 49.4 Å². The summed E-state index contributed by atoms with van der Waals surface area (Å²) in [6.07, 6.45) is 5.31. The first-order valence-electron chi connectivity index (χ1n) is 11.2. The molecule has 33 heavy (non-hydrogen) atoms. The number of nitrogens with one attached hydrogen (secondary N) is 1. The van der Waals surface area contributed by atoms with Gasteiger partial charge in [-0.15, -0.1) is 0 Å². The predicted molar refractivity (Wildman–Crippen MR) is 131 cm³/mol. The Morgan fingerprint density at radius 2 is 1.85 bits per heavy atom. The molecule has 1 aliphatic rings. The van der Waals surface area contributed by atoms with E-state index in [0.717, 1.165) is 31.2 Å². The van der Waals surface area contributed by atoms with Gasteiger partial charge in [0.05, 0.1) is 11.4 Å². The monoisotopic (exact) mass is 484 g/mol. The highest BCUT2D eigenvalue weighted by Gasteiger charge is 2.34. The zero-order valence-corrected chi connectivity index (χ0v) is 19.7. The number of thiophene rings is 1. The third-order valence-electron chi connectivity index (χ3n) is 5.96. The van der Waals surface area contributed by atoms with E-state index < -0.39 is 11.9 Å². The Hall–Kier alpha value is -2.70. The molecule has 1 atom stereocenters. The maximum Gasteiger partial charge on any atom is 0.248 e. The van der Waals surface area contributed by atoms with Gasteiger partial charge in [0, 0.05) is 11.7 Å². The summed E-state index contributed by atoms with van der Waals surface area (Å²) in [4.78, 5) is 28.8. The fourth-order valence-corrected chi connectivity index (χ4v) is 5.15. The summed E-state index contributed by atoms with van der Waals surface area (Å²) in [6.45, 7) is 0. The Kier molecular flexibility index (Phi) is 7.78. The molecule has 4 nitrogen and oxygen atoms in total. The van der Waals surface area contributed by atoms with Crippen molar-refractivity contribution in [1.82, 2.24) is 5.32 Å². The van der Waals surface area contributed by atoms with Crippen molar-refractivity contribution in [3.8, 4) is 0 Å². The lowest BCUT2D eigenvalue weighted by atomic mass is 9.94. The highest BCUT2D eigenvalue weighted by atomic mass is 35.5. The molecule has 1 unspecified atom stereocenters. The standard InChI is InChI=1S/C26H26ClFN2O2S/c27-22-16-21(11-12-23(22)28)30(24(31)15-18-13-14-33-17-18)25(19-7-3-1-4-8-19)26(32)29-20-9-5-2-6-10-20/h1,3-4,7-8,11-14,16-17,20,25H,2,5-6,9-10,15H2,(H,29,32). The number of nitrogens with zero attached hydrogens (tertiary/aromatic N) is 1. The number of amides is 2. The molecule has 0 bridgehead atoms. The Morgan fingerprint density at radius 1 is 1.09 bits per heavy atom. The second kappa shape index (κ2) is 10.9. The minimum absolute atomic E-state index is 0.0862. The van der Waals surface area contributed by atoms with E-state index in [9.17, 15) is 14.0 Å². The van der Waals surface area contributed by atoms with Crippen LogP contribution in [0.2, 0.25) is 5.02 Å². The Bertz CT molecular complexity index is 1080. The average Bonchev–Trinajstić information content (AvgIpc) is 3.33. The molecular weight excluding hydrogens is 459 g/mol. The van der Waals surface area contributed by atoms with Crippen molar-refractivity contribution in [1.29, 1.82) is 0 Å². The van der Waals surface area contributed by atoms with Gasteiger partial charge in [-0.2, -0.15) is 11.3 Å². The molecular formula is C26H26ClFN2O2S. The molecule has 3 aromatic rings. The molecule has 0 spiro atoms. The molecule has 1 aliphatic carbocycles. The molecule has 2 amide bonds. The highest BCUT2D eigenvalue weighted by Crippen LogP contribution is 2.32. The SMILES string of the molecule is O=C(NC1CCCCC1)C(c1ccccc1)N(C(=O)Cc1ccsc1)c1ccc(F)c(Cl)c1. The van der Waals surface area contributed by atoms with Crippen molar-refractivity contribution in [2.75, 3.05) is 4.90 Å². The van der Waals surface area contributed by atoms with Crippen LogP contribution in [-0.2, 0) is 16.0 Å². The maximum absolute atomic E-state index is 13.9. The molecule has 7 heteroatoms. The molecule has 1 fully saturated rings. The molecule has 1 aromatic heterocycles. The number of carbonyl (C=O) groups excluding carboxylic acids is 2. The summed E-state index contributed by atoms with van der Waals surface area (Å²) in [6, 6.07) is 14.4. The highest BCUT2D eigenvalue weighted by molar-refractivity contribution is 7.08. The second-order valence-electron chi connectivity index (χ2n) is 8.33. The van der Waals surface area contributed by atoms with Crippen molar-refractivity contribution >= 4 is 40.4 Å². The van der Waals surface area contributed by atoms with Crippen molar-refractivity contribution in [2.45, 2.75) is 50.6 Å². The number of hydrogen-bond donors (Lipinski definition) is 1. The summed E-state index contributed by atoms with van der Waals surface area (Å²) in [5.74, 6) is -1.08. The van der Waals surface area contributed by atoms with Crippen molar-refractivity contribution in [3.63, 3.8) is 0 Å². The number of anilines is 1. The zero-order valence-electron chi connectivity index (χ0n) is 18.2. The second-order valence-corrected chi connectivity index (χ2v) is 9.51. The van der Waals surface area contributed by atoms with E-state index in [1.165, 1.54) is 40.9 Å². The predicted octanol–water partition coefficient (Wildman–Crippen LogP) is 6.31. The van der Waals surface area contributed by atoms with Crippen molar-refractivity contribution in [2.24, 2.45) is 0 Å². The van der Waals surface area contributed by atoms with Crippen LogP contribution in [0.15, 0.2) is 65.4 Å². The van der Waals surface area contributed by atoms with E-state index in [4.69, 9.17) is 11.6 Å². The van der Waals surface area contributed by atoms with Gasteiger partial charge >= 0.3 is 0 Å². The molecule has 0 aliphatic heterocycles. The van der Waals surface area contributed by atoms with E-state index >= 15 is 0 Å². The third-order valence-corrected chi connectivity index (χ3v) is 6.98. The number of benzene rings is 2. The summed E-state index contributed by atoms with van der Waals surface area (Å²) in [5.41, 5.74) is 1.93. The lowest BCUT2D eigenvalue weighted by Gasteiger charge is -2.33. The fourth-order valence-electron chi connectivity index (χ4n) is 4.31. The molecule has 0 saturated heterocycles. The Labute approximate surface area is 202 Å². The van der Waals surface area contributed by atoms with Gasteiger partial charge in [0.25, 0.3) is 0 Å². The Balaban J connectivity index is 1.74. The van der Waals surface area contributed by atoms with Crippen molar-refractivity contribution < 1.29 is 14.0 Å². The van der Waals surface area contributed by atoms with Gasteiger partial charge in [-0.3, -0.25) is 14.5 Å². The summed E-state index contributed by atoms with van der Waals surface area (Å²) in [5, 5.41) is 6.89. The molecule has 1 heterocycles. The summed E-state index contributed by atoms with van der Waals surface area (Å²) < 4.78 is 13.9. The lowest BCUT2D eigenvalue weighted by Crippen LogP contribution is -2.47. The van der Waals surface area contributed by atoms with Crippen LogP contribution < -0.4 is 10.2 Å². The van der Waals surface area contributed by atoms with Gasteiger partial charge in [-0.1, -0.05) is 61.2 Å². The van der Waals surface area contributed by atoms with Crippen LogP contribution in [0.4, 0.5) is 10.1 Å². The fraction of sp³-hybridized carbons (Fsp3) is 0.308. The van der Waals surface area contributed by atoms with Crippen LogP contribution in [0.25, 0.3) is 0 Å². The molecule has 2 aromatic carbocycles. The number of rotatable bonds is 7. The number of hydrogen-bond acceptors (Lipinski definition) is 3. The largest absolute Gasteiger partial charge is 0.351 e. The molecule has 1 saturated carbocycles. The first-order valence-corrected chi connectivity index (χ1v) is 12.5. The zero-order chi connectivity index (χ0) is 23.2. The van der Waals surface area contributed by atoms with E-state index in [1.54, 1.807) is 0 Å². The van der Waals surface area contributed by atoms with E-state index in [0.29, 0.717) is 11.3 Å².